The van der Waals surface area contributed by atoms with E-state index in [0.29, 0.717) is 0 Å². The summed E-state index contributed by atoms with van der Waals surface area (Å²) in [5.41, 5.74) is -0.187. The highest BCUT2D eigenvalue weighted by Crippen LogP contribution is 2.33. The number of ether oxygens (including phenoxy) is 1. The Morgan fingerprint density at radius 1 is 1.40 bits per heavy atom. The lowest BCUT2D eigenvalue weighted by molar-refractivity contribution is -0.385. The Bertz CT molecular complexity index is 473. The summed E-state index contributed by atoms with van der Waals surface area (Å²) >= 11 is 0. The minimum absolute atomic E-state index is 0.00487. The van der Waals surface area contributed by atoms with Gasteiger partial charge in [0.1, 0.15) is 6.33 Å². The number of nitrogens with zero attached hydrogens (tertiary/aromatic N) is 3. The van der Waals surface area contributed by atoms with E-state index in [-0.39, 0.29) is 23.4 Å². The standard InChI is InChI=1S/C13H20N4O3/c1-3-9-4-6-10(7-5-9)16-12-11(17(18)19)13(20-2)15-8-14-12/h8-10H,3-7H2,1-2H3,(H,14,15,16). The molecule has 1 aromatic heterocycles. The lowest BCUT2D eigenvalue weighted by atomic mass is 9.84. The molecule has 7 nitrogen and oxygen atoms in total. The number of nitrogens with one attached hydrogen (secondary N) is 1. The number of methoxy groups -OCH3 is 1. The van der Waals surface area contributed by atoms with E-state index in [9.17, 15) is 10.1 Å². The van der Waals surface area contributed by atoms with Gasteiger partial charge < -0.3 is 10.1 Å². The molecule has 7 heteroatoms. The topological polar surface area (TPSA) is 90.2 Å². The van der Waals surface area contributed by atoms with Crippen LogP contribution in [0, 0.1) is 16.0 Å². The second-order valence-electron chi connectivity index (χ2n) is 5.11. The molecule has 1 N–H and O–H groups in total. The van der Waals surface area contributed by atoms with Crippen LogP contribution in [0.1, 0.15) is 39.0 Å². The van der Waals surface area contributed by atoms with Crippen LogP contribution in [-0.4, -0.2) is 28.0 Å². The first-order chi connectivity index (χ1) is 9.65. The first-order valence-corrected chi connectivity index (χ1v) is 6.95. The van der Waals surface area contributed by atoms with Gasteiger partial charge in [0.05, 0.1) is 12.0 Å². The van der Waals surface area contributed by atoms with E-state index in [2.05, 4.69) is 22.2 Å². The second kappa shape index (κ2) is 6.49. The van der Waals surface area contributed by atoms with Crippen molar-refractivity contribution in [2.75, 3.05) is 12.4 Å². The maximum atomic E-state index is 11.1. The predicted octanol–water partition coefficient (Wildman–Crippen LogP) is 2.77. The number of hydrogen-bond donors (Lipinski definition) is 1. The van der Waals surface area contributed by atoms with E-state index in [1.54, 1.807) is 0 Å². The molecule has 0 aliphatic heterocycles. The Morgan fingerprint density at radius 3 is 2.65 bits per heavy atom. The third-order valence-electron chi connectivity index (χ3n) is 3.93. The van der Waals surface area contributed by atoms with Gasteiger partial charge in [-0.05, 0) is 31.6 Å². The van der Waals surface area contributed by atoms with Gasteiger partial charge in [0.25, 0.3) is 5.88 Å². The summed E-state index contributed by atoms with van der Waals surface area (Å²) in [5, 5.41) is 14.3. The SMILES string of the molecule is CCC1CCC(Nc2ncnc(OC)c2[N+](=O)[O-])CC1. The van der Waals surface area contributed by atoms with Crippen molar-refractivity contribution in [3.05, 3.63) is 16.4 Å². The van der Waals surface area contributed by atoms with Gasteiger partial charge in [-0.2, -0.15) is 4.98 Å². The molecule has 1 fully saturated rings. The van der Waals surface area contributed by atoms with E-state index in [1.165, 1.54) is 19.9 Å². The van der Waals surface area contributed by atoms with E-state index in [4.69, 9.17) is 4.74 Å². The summed E-state index contributed by atoms with van der Waals surface area (Å²) in [6.07, 6.45) is 6.83. The van der Waals surface area contributed by atoms with E-state index in [0.717, 1.165) is 31.6 Å². The summed E-state index contributed by atoms with van der Waals surface area (Å²) in [6, 6.07) is 0.233. The molecule has 0 aromatic carbocycles. The molecule has 0 radical (unpaired) electrons. The molecule has 1 heterocycles. The van der Waals surface area contributed by atoms with Gasteiger partial charge in [-0.25, -0.2) is 4.98 Å². The molecule has 1 aromatic rings. The van der Waals surface area contributed by atoms with Crippen molar-refractivity contribution in [1.82, 2.24) is 9.97 Å². The van der Waals surface area contributed by atoms with Crippen molar-refractivity contribution in [1.29, 1.82) is 0 Å². The molecule has 0 unspecified atom stereocenters. The molecular formula is C13H20N4O3. The zero-order valence-corrected chi connectivity index (χ0v) is 11.8. The van der Waals surface area contributed by atoms with E-state index in [1.807, 2.05) is 0 Å². The Morgan fingerprint density at radius 2 is 2.10 bits per heavy atom. The minimum atomic E-state index is -0.501. The average molecular weight is 280 g/mol. The van der Waals surface area contributed by atoms with Gasteiger partial charge >= 0.3 is 5.69 Å². The lowest BCUT2D eigenvalue weighted by Crippen LogP contribution is -2.26. The van der Waals surface area contributed by atoms with Crippen LogP contribution in [0.4, 0.5) is 11.5 Å². The van der Waals surface area contributed by atoms with Gasteiger partial charge in [0, 0.05) is 6.04 Å². The molecule has 0 bridgehead atoms. The van der Waals surface area contributed by atoms with Crippen LogP contribution >= 0.6 is 0 Å². The van der Waals surface area contributed by atoms with Crippen molar-refractivity contribution in [3.63, 3.8) is 0 Å². The Balaban J connectivity index is 2.12. The fraction of sp³-hybridized carbons (Fsp3) is 0.692. The van der Waals surface area contributed by atoms with Crippen molar-refractivity contribution < 1.29 is 9.66 Å². The van der Waals surface area contributed by atoms with Gasteiger partial charge in [0.15, 0.2) is 0 Å². The first-order valence-electron chi connectivity index (χ1n) is 6.95. The van der Waals surface area contributed by atoms with E-state index < -0.39 is 4.92 Å². The van der Waals surface area contributed by atoms with Gasteiger partial charge in [-0.15, -0.1) is 0 Å². The van der Waals surface area contributed by atoms with Crippen LogP contribution in [0.15, 0.2) is 6.33 Å². The third kappa shape index (κ3) is 3.15. The molecule has 2 rings (SSSR count). The molecule has 0 spiro atoms. The van der Waals surface area contributed by atoms with Crippen molar-refractivity contribution in [2.24, 2.45) is 5.92 Å². The van der Waals surface area contributed by atoms with Crippen LogP contribution in [-0.2, 0) is 0 Å². The summed E-state index contributed by atoms with van der Waals surface area (Å²) in [7, 11) is 1.37. The molecule has 110 valence electrons. The Labute approximate surface area is 117 Å². The molecule has 1 aliphatic rings. The normalized spacial score (nSPS) is 22.3. The summed E-state index contributed by atoms with van der Waals surface area (Å²) in [5.74, 6) is 1.03. The molecular weight excluding hydrogens is 260 g/mol. The van der Waals surface area contributed by atoms with Crippen molar-refractivity contribution >= 4 is 11.5 Å². The highest BCUT2D eigenvalue weighted by Gasteiger charge is 2.27. The third-order valence-corrected chi connectivity index (χ3v) is 3.93. The highest BCUT2D eigenvalue weighted by molar-refractivity contribution is 5.61. The van der Waals surface area contributed by atoms with Gasteiger partial charge in [-0.1, -0.05) is 13.3 Å². The summed E-state index contributed by atoms with van der Waals surface area (Å²) in [4.78, 5) is 18.4. The number of hydrogen-bond acceptors (Lipinski definition) is 6. The lowest BCUT2D eigenvalue weighted by Gasteiger charge is -2.28. The first kappa shape index (κ1) is 14.5. The molecule has 0 atom stereocenters. The largest absolute Gasteiger partial charge is 0.476 e. The molecule has 1 aliphatic carbocycles. The number of nitro groups is 1. The Hall–Kier alpha value is -1.92. The maximum Gasteiger partial charge on any atom is 0.372 e. The smallest absolute Gasteiger partial charge is 0.372 e. The van der Waals surface area contributed by atoms with Crippen LogP contribution in [0.5, 0.6) is 5.88 Å². The fourth-order valence-corrected chi connectivity index (χ4v) is 2.69. The predicted molar refractivity (Wildman–Crippen MR) is 74.9 cm³/mol. The molecule has 0 saturated heterocycles. The molecule has 1 saturated carbocycles. The maximum absolute atomic E-state index is 11.1. The minimum Gasteiger partial charge on any atom is -0.476 e. The highest BCUT2D eigenvalue weighted by atomic mass is 16.6. The zero-order chi connectivity index (χ0) is 14.5. The number of rotatable bonds is 5. The fourth-order valence-electron chi connectivity index (χ4n) is 2.69. The monoisotopic (exact) mass is 280 g/mol. The van der Waals surface area contributed by atoms with Gasteiger partial charge in [0.2, 0.25) is 5.82 Å². The van der Waals surface area contributed by atoms with Crippen LogP contribution in [0.3, 0.4) is 0 Å². The summed E-state index contributed by atoms with van der Waals surface area (Å²) < 4.78 is 4.94. The van der Waals surface area contributed by atoms with E-state index >= 15 is 0 Å². The summed E-state index contributed by atoms with van der Waals surface area (Å²) in [6.45, 7) is 2.21. The van der Waals surface area contributed by atoms with Gasteiger partial charge in [-0.3, -0.25) is 10.1 Å². The van der Waals surface area contributed by atoms with Crippen LogP contribution in [0.2, 0.25) is 0 Å². The number of aromatic nitrogens is 2. The Kier molecular flexibility index (Phi) is 4.70. The number of anilines is 1. The quantitative estimate of drug-likeness (QED) is 0.658. The van der Waals surface area contributed by atoms with Crippen LogP contribution < -0.4 is 10.1 Å². The molecule has 20 heavy (non-hydrogen) atoms. The average Bonchev–Trinajstić information content (AvgIpc) is 2.47. The zero-order valence-electron chi connectivity index (χ0n) is 11.8. The molecule has 0 amide bonds. The van der Waals surface area contributed by atoms with Crippen molar-refractivity contribution in [2.45, 2.75) is 45.1 Å². The van der Waals surface area contributed by atoms with Crippen LogP contribution in [0.25, 0.3) is 0 Å². The second-order valence-corrected chi connectivity index (χ2v) is 5.11. The van der Waals surface area contributed by atoms with Crippen molar-refractivity contribution in [3.8, 4) is 5.88 Å².